The summed E-state index contributed by atoms with van der Waals surface area (Å²) >= 11 is 0. The van der Waals surface area contributed by atoms with Gasteiger partial charge >= 0.3 is 0 Å². The minimum absolute atomic E-state index is 0.0116. The molecule has 0 aliphatic heterocycles. The molecular weight excluding hydrogens is 252 g/mol. The van der Waals surface area contributed by atoms with Crippen molar-refractivity contribution in [3.63, 3.8) is 0 Å². The third-order valence-corrected chi connectivity index (χ3v) is 3.23. The molecule has 0 spiro atoms. The van der Waals surface area contributed by atoms with Crippen LogP contribution in [0.25, 0.3) is 0 Å². The van der Waals surface area contributed by atoms with Gasteiger partial charge in [0.25, 0.3) is 11.8 Å². The van der Waals surface area contributed by atoms with Crippen molar-refractivity contribution in [1.82, 2.24) is 4.90 Å². The van der Waals surface area contributed by atoms with Crippen LogP contribution in [0.3, 0.4) is 0 Å². The van der Waals surface area contributed by atoms with Crippen molar-refractivity contribution in [2.45, 2.75) is 27.7 Å². The van der Waals surface area contributed by atoms with Gasteiger partial charge in [-0.2, -0.15) is 0 Å². The first kappa shape index (κ1) is 16.0. The molecule has 0 saturated heterocycles. The molecule has 0 unspecified atom stereocenters. The van der Waals surface area contributed by atoms with Crippen LogP contribution < -0.4 is 5.32 Å². The maximum absolute atomic E-state index is 12.1. The van der Waals surface area contributed by atoms with E-state index in [1.807, 2.05) is 20.8 Å². The lowest BCUT2D eigenvalue weighted by molar-refractivity contribution is -0.112. The van der Waals surface area contributed by atoms with Crippen LogP contribution in [0.4, 0.5) is 5.69 Å². The van der Waals surface area contributed by atoms with Crippen molar-refractivity contribution in [2.75, 3.05) is 18.4 Å². The first-order valence-corrected chi connectivity index (χ1v) is 6.87. The highest BCUT2D eigenvalue weighted by Crippen LogP contribution is 2.12. The summed E-state index contributed by atoms with van der Waals surface area (Å²) < 4.78 is 0. The topological polar surface area (TPSA) is 49.4 Å². The number of carbonyl (C=O) groups excluding carboxylic acids is 2. The largest absolute Gasteiger partial charge is 0.339 e. The summed E-state index contributed by atoms with van der Waals surface area (Å²) in [5.74, 6) is -0.118. The van der Waals surface area contributed by atoms with Crippen LogP contribution in [0.5, 0.6) is 0 Å². The Morgan fingerprint density at radius 3 is 2.15 bits per heavy atom. The van der Waals surface area contributed by atoms with E-state index in [2.05, 4.69) is 5.32 Å². The summed E-state index contributed by atoms with van der Waals surface area (Å²) in [4.78, 5) is 25.6. The average molecular weight is 274 g/mol. The van der Waals surface area contributed by atoms with Crippen LogP contribution >= 0.6 is 0 Å². The third kappa shape index (κ3) is 3.95. The summed E-state index contributed by atoms with van der Waals surface area (Å²) in [7, 11) is 0. The normalized spacial score (nSPS) is 11.1. The molecule has 4 heteroatoms. The molecule has 4 nitrogen and oxygen atoms in total. The second kappa shape index (κ2) is 7.48. The Balaban J connectivity index is 2.79. The van der Waals surface area contributed by atoms with E-state index >= 15 is 0 Å². The van der Waals surface area contributed by atoms with Crippen molar-refractivity contribution >= 4 is 17.5 Å². The lowest BCUT2D eigenvalue weighted by Crippen LogP contribution is -2.30. The van der Waals surface area contributed by atoms with E-state index in [0.717, 1.165) is 0 Å². The molecule has 1 aromatic rings. The highest BCUT2D eigenvalue weighted by Gasteiger charge is 2.12. The first-order valence-electron chi connectivity index (χ1n) is 6.87. The molecule has 0 atom stereocenters. The van der Waals surface area contributed by atoms with Crippen LogP contribution in [0.2, 0.25) is 0 Å². The molecule has 20 heavy (non-hydrogen) atoms. The van der Waals surface area contributed by atoms with E-state index in [4.69, 9.17) is 0 Å². The number of hydrogen-bond donors (Lipinski definition) is 1. The molecule has 0 aliphatic rings. The maximum Gasteiger partial charge on any atom is 0.253 e. The molecule has 1 aromatic carbocycles. The monoisotopic (exact) mass is 274 g/mol. The fourth-order valence-corrected chi connectivity index (χ4v) is 1.75. The lowest BCUT2D eigenvalue weighted by Gasteiger charge is -2.18. The number of amides is 2. The summed E-state index contributed by atoms with van der Waals surface area (Å²) in [6.07, 6.45) is 1.76. The van der Waals surface area contributed by atoms with Gasteiger partial charge in [-0.25, -0.2) is 0 Å². The summed E-state index contributed by atoms with van der Waals surface area (Å²) in [6, 6.07) is 6.97. The van der Waals surface area contributed by atoms with E-state index in [1.54, 1.807) is 42.2 Å². The molecule has 0 saturated carbocycles. The zero-order chi connectivity index (χ0) is 15.1. The van der Waals surface area contributed by atoms with Crippen molar-refractivity contribution in [1.29, 1.82) is 0 Å². The van der Waals surface area contributed by atoms with Crippen LogP contribution in [0.15, 0.2) is 35.9 Å². The van der Waals surface area contributed by atoms with E-state index in [9.17, 15) is 9.59 Å². The average Bonchev–Trinajstić information content (AvgIpc) is 2.48. The van der Waals surface area contributed by atoms with E-state index in [-0.39, 0.29) is 11.8 Å². The number of anilines is 1. The molecule has 2 amide bonds. The summed E-state index contributed by atoms with van der Waals surface area (Å²) in [6.45, 7) is 8.86. The number of allylic oxidation sites excluding steroid dienone is 1. The Kier molecular flexibility index (Phi) is 5.97. The minimum atomic E-state index is -0.129. The molecule has 0 fully saturated rings. The van der Waals surface area contributed by atoms with Crippen LogP contribution in [-0.2, 0) is 4.79 Å². The van der Waals surface area contributed by atoms with Gasteiger partial charge in [0.1, 0.15) is 0 Å². The predicted octanol–water partition coefficient (Wildman–Crippen LogP) is 3.07. The lowest BCUT2D eigenvalue weighted by atomic mass is 10.1. The van der Waals surface area contributed by atoms with Crippen LogP contribution in [0.1, 0.15) is 38.1 Å². The molecule has 0 bridgehead atoms. The Labute approximate surface area is 120 Å². The molecule has 108 valence electrons. The molecule has 0 heterocycles. The molecule has 1 rings (SSSR count). The summed E-state index contributed by atoms with van der Waals surface area (Å²) in [5, 5.41) is 2.78. The minimum Gasteiger partial charge on any atom is -0.339 e. The molecular formula is C16H22N2O2. The Bertz CT molecular complexity index is 500. The number of benzene rings is 1. The standard InChI is InChI=1S/C16H22N2O2/c1-5-12(4)15(19)17-14-10-8-13(9-11-14)16(20)18(6-2)7-3/h5,8-11H,6-7H2,1-4H3,(H,17,19). The number of rotatable bonds is 5. The van der Waals surface area contributed by atoms with Crippen LogP contribution in [0, 0.1) is 0 Å². The number of hydrogen-bond acceptors (Lipinski definition) is 2. The van der Waals surface area contributed by atoms with Gasteiger partial charge in [0, 0.05) is 29.9 Å². The number of carbonyl (C=O) groups is 2. The van der Waals surface area contributed by atoms with Crippen molar-refractivity contribution in [3.8, 4) is 0 Å². The Morgan fingerprint density at radius 2 is 1.70 bits per heavy atom. The summed E-state index contributed by atoms with van der Waals surface area (Å²) in [5.41, 5.74) is 1.98. The van der Waals surface area contributed by atoms with Gasteiger partial charge in [0.2, 0.25) is 0 Å². The van der Waals surface area contributed by atoms with E-state index in [0.29, 0.717) is 29.9 Å². The smallest absolute Gasteiger partial charge is 0.253 e. The zero-order valence-corrected chi connectivity index (χ0v) is 12.6. The third-order valence-electron chi connectivity index (χ3n) is 3.23. The number of nitrogens with one attached hydrogen (secondary N) is 1. The van der Waals surface area contributed by atoms with Gasteiger partial charge in [-0.05, 0) is 52.0 Å². The van der Waals surface area contributed by atoms with E-state index in [1.165, 1.54) is 0 Å². The van der Waals surface area contributed by atoms with Gasteiger partial charge in [0.05, 0.1) is 0 Å². The molecule has 0 radical (unpaired) electrons. The highest BCUT2D eigenvalue weighted by molar-refractivity contribution is 6.03. The van der Waals surface area contributed by atoms with E-state index < -0.39 is 0 Å². The van der Waals surface area contributed by atoms with Crippen molar-refractivity contribution < 1.29 is 9.59 Å². The molecule has 1 N–H and O–H groups in total. The number of nitrogens with zero attached hydrogens (tertiary/aromatic N) is 1. The fourth-order valence-electron chi connectivity index (χ4n) is 1.75. The zero-order valence-electron chi connectivity index (χ0n) is 12.6. The Hall–Kier alpha value is -2.10. The quantitative estimate of drug-likeness (QED) is 0.839. The van der Waals surface area contributed by atoms with Gasteiger partial charge in [-0.15, -0.1) is 0 Å². The molecule has 0 aromatic heterocycles. The second-order valence-corrected chi connectivity index (χ2v) is 4.48. The fraction of sp³-hybridized carbons (Fsp3) is 0.375. The SMILES string of the molecule is CC=C(C)C(=O)Nc1ccc(C(=O)N(CC)CC)cc1. The Morgan fingerprint density at radius 1 is 1.15 bits per heavy atom. The van der Waals surface area contributed by atoms with Gasteiger partial charge < -0.3 is 10.2 Å². The van der Waals surface area contributed by atoms with Gasteiger partial charge in [0.15, 0.2) is 0 Å². The van der Waals surface area contributed by atoms with Crippen molar-refractivity contribution in [2.24, 2.45) is 0 Å². The van der Waals surface area contributed by atoms with Gasteiger partial charge in [-0.1, -0.05) is 6.08 Å². The highest BCUT2D eigenvalue weighted by atomic mass is 16.2. The predicted molar refractivity (Wildman–Crippen MR) is 81.8 cm³/mol. The first-order chi connectivity index (χ1) is 9.53. The van der Waals surface area contributed by atoms with Gasteiger partial charge in [-0.3, -0.25) is 9.59 Å². The van der Waals surface area contributed by atoms with Crippen LogP contribution in [-0.4, -0.2) is 29.8 Å². The second-order valence-electron chi connectivity index (χ2n) is 4.48. The van der Waals surface area contributed by atoms with Crippen molar-refractivity contribution in [3.05, 3.63) is 41.5 Å². The maximum atomic E-state index is 12.1. The molecule has 0 aliphatic carbocycles.